The van der Waals surface area contributed by atoms with Crippen LogP contribution in [0, 0.1) is 6.92 Å². The quantitative estimate of drug-likeness (QED) is 0.846. The number of nitrogens with one attached hydrogen (secondary N) is 1. The van der Waals surface area contributed by atoms with E-state index in [1.807, 2.05) is 30.1 Å². The molecule has 23 heavy (non-hydrogen) atoms. The second-order valence-electron chi connectivity index (χ2n) is 6.10. The number of likely N-dealkylation sites (N-methyl/N-ethyl adjacent to an activating group) is 1. The summed E-state index contributed by atoms with van der Waals surface area (Å²) in [7, 11) is 1.97. The smallest absolute Gasteiger partial charge is 0.234 e. The Morgan fingerprint density at radius 1 is 1.09 bits per heavy atom. The summed E-state index contributed by atoms with van der Waals surface area (Å²) < 4.78 is 0. The van der Waals surface area contributed by atoms with Crippen molar-refractivity contribution in [2.24, 2.45) is 0 Å². The fourth-order valence-electron chi connectivity index (χ4n) is 2.66. The second-order valence-corrected chi connectivity index (χ2v) is 6.10. The fourth-order valence-corrected chi connectivity index (χ4v) is 2.66. The number of nitrogens with zero attached hydrogens (tertiary/aromatic N) is 1. The predicted molar refractivity (Wildman–Crippen MR) is 95.1 cm³/mol. The molecule has 2 aromatic rings. The number of benzene rings is 2. The van der Waals surface area contributed by atoms with Gasteiger partial charge >= 0.3 is 0 Å². The predicted octanol–water partition coefficient (Wildman–Crippen LogP) is 3.69. The third kappa shape index (κ3) is 5.53. The van der Waals surface area contributed by atoms with Gasteiger partial charge in [-0.15, -0.1) is 0 Å². The summed E-state index contributed by atoms with van der Waals surface area (Å²) in [5, 5.41) is 3.14. The zero-order valence-corrected chi connectivity index (χ0v) is 14.3. The molecule has 1 atom stereocenters. The molecule has 1 N–H and O–H groups in total. The average Bonchev–Trinajstić information content (AvgIpc) is 2.54. The Labute approximate surface area is 139 Å². The van der Waals surface area contributed by atoms with Crippen LogP contribution < -0.4 is 5.32 Å². The molecule has 3 nitrogen and oxygen atoms in total. The minimum absolute atomic E-state index is 0.0656. The second kappa shape index (κ2) is 8.49. The molecule has 0 heterocycles. The molecule has 0 spiro atoms. The van der Waals surface area contributed by atoms with Gasteiger partial charge in [-0.2, -0.15) is 0 Å². The number of carbonyl (C=O) groups is 1. The summed E-state index contributed by atoms with van der Waals surface area (Å²) in [5.74, 6) is 0.0656. The molecule has 0 aliphatic carbocycles. The number of amides is 1. The highest BCUT2D eigenvalue weighted by Gasteiger charge is 2.14. The molecule has 0 saturated heterocycles. The van der Waals surface area contributed by atoms with Crippen LogP contribution in [-0.4, -0.2) is 24.4 Å². The van der Waals surface area contributed by atoms with Gasteiger partial charge in [-0.3, -0.25) is 9.69 Å². The summed E-state index contributed by atoms with van der Waals surface area (Å²) in [6, 6.07) is 18.6. The van der Waals surface area contributed by atoms with Crippen molar-refractivity contribution in [2.75, 3.05) is 13.6 Å². The lowest BCUT2D eigenvalue weighted by atomic mass is 10.0. The van der Waals surface area contributed by atoms with E-state index >= 15 is 0 Å². The number of hydrogen-bond donors (Lipinski definition) is 1. The summed E-state index contributed by atoms with van der Waals surface area (Å²) in [4.78, 5) is 14.3. The van der Waals surface area contributed by atoms with Crippen LogP contribution in [0.2, 0.25) is 0 Å². The molecular weight excluding hydrogens is 284 g/mol. The lowest BCUT2D eigenvalue weighted by Crippen LogP contribution is -2.36. The molecule has 0 aliphatic rings. The van der Waals surface area contributed by atoms with Gasteiger partial charge in [0, 0.05) is 6.54 Å². The molecule has 2 aromatic carbocycles. The van der Waals surface area contributed by atoms with Gasteiger partial charge in [0.2, 0.25) is 5.91 Å². The number of aryl methyl sites for hydroxylation is 1. The van der Waals surface area contributed by atoms with Crippen molar-refractivity contribution in [3.05, 3.63) is 71.3 Å². The zero-order chi connectivity index (χ0) is 16.7. The van der Waals surface area contributed by atoms with Gasteiger partial charge in [-0.1, -0.05) is 67.1 Å². The third-order valence-corrected chi connectivity index (χ3v) is 3.93. The van der Waals surface area contributed by atoms with Crippen LogP contribution in [0.3, 0.4) is 0 Å². The first-order valence-electron chi connectivity index (χ1n) is 8.17. The van der Waals surface area contributed by atoms with Crippen molar-refractivity contribution >= 4 is 5.91 Å². The van der Waals surface area contributed by atoms with Crippen molar-refractivity contribution in [2.45, 2.75) is 32.9 Å². The van der Waals surface area contributed by atoms with Crippen LogP contribution in [0.5, 0.6) is 0 Å². The van der Waals surface area contributed by atoms with Crippen molar-refractivity contribution < 1.29 is 4.79 Å². The molecule has 2 rings (SSSR count). The summed E-state index contributed by atoms with van der Waals surface area (Å²) in [6.07, 6.45) is 0.886. The number of carbonyl (C=O) groups excluding carboxylic acids is 1. The maximum Gasteiger partial charge on any atom is 0.234 e. The first kappa shape index (κ1) is 17.2. The fraction of sp³-hybridized carbons (Fsp3) is 0.350. The maximum absolute atomic E-state index is 12.3. The van der Waals surface area contributed by atoms with Gasteiger partial charge in [0.25, 0.3) is 0 Å². The van der Waals surface area contributed by atoms with Crippen LogP contribution in [0.15, 0.2) is 54.6 Å². The molecule has 0 saturated carbocycles. The van der Waals surface area contributed by atoms with Crippen molar-refractivity contribution in [3.63, 3.8) is 0 Å². The molecule has 0 aliphatic heterocycles. The van der Waals surface area contributed by atoms with E-state index in [2.05, 4.69) is 55.6 Å². The van der Waals surface area contributed by atoms with E-state index in [9.17, 15) is 4.79 Å². The molecular formula is C20H26N2O. The molecule has 0 bridgehead atoms. The van der Waals surface area contributed by atoms with E-state index in [4.69, 9.17) is 0 Å². The molecule has 122 valence electrons. The number of rotatable bonds is 7. The largest absolute Gasteiger partial charge is 0.348 e. The Morgan fingerprint density at radius 3 is 2.35 bits per heavy atom. The highest BCUT2D eigenvalue weighted by Crippen LogP contribution is 2.17. The van der Waals surface area contributed by atoms with Crippen LogP contribution >= 0.6 is 0 Å². The lowest BCUT2D eigenvalue weighted by Gasteiger charge is -2.21. The van der Waals surface area contributed by atoms with Crippen LogP contribution in [-0.2, 0) is 11.3 Å². The summed E-state index contributed by atoms with van der Waals surface area (Å²) in [6.45, 7) is 5.34. The van der Waals surface area contributed by atoms with E-state index < -0.39 is 0 Å². The standard InChI is InChI=1S/C20H26N2O/c1-4-19(18-12-10-16(2)11-13-18)21-20(23)15-22(3)14-17-8-6-5-7-9-17/h5-13,19H,4,14-15H2,1-3H3,(H,21,23). The van der Waals surface area contributed by atoms with Crippen LogP contribution in [0.4, 0.5) is 0 Å². The van der Waals surface area contributed by atoms with Gasteiger partial charge in [0.15, 0.2) is 0 Å². The Bertz CT molecular complexity index is 607. The highest BCUT2D eigenvalue weighted by atomic mass is 16.2. The highest BCUT2D eigenvalue weighted by molar-refractivity contribution is 5.78. The van der Waals surface area contributed by atoms with Gasteiger partial charge in [0.05, 0.1) is 12.6 Å². The van der Waals surface area contributed by atoms with E-state index in [1.54, 1.807) is 0 Å². The zero-order valence-electron chi connectivity index (χ0n) is 14.3. The Hall–Kier alpha value is -2.13. The topological polar surface area (TPSA) is 32.3 Å². The van der Waals surface area contributed by atoms with Gasteiger partial charge in [-0.25, -0.2) is 0 Å². The summed E-state index contributed by atoms with van der Waals surface area (Å²) in [5.41, 5.74) is 3.61. The average molecular weight is 310 g/mol. The van der Waals surface area contributed by atoms with E-state index in [-0.39, 0.29) is 11.9 Å². The normalized spacial score (nSPS) is 12.2. The van der Waals surface area contributed by atoms with E-state index in [1.165, 1.54) is 11.1 Å². The molecule has 1 unspecified atom stereocenters. The molecule has 0 fully saturated rings. The maximum atomic E-state index is 12.3. The minimum Gasteiger partial charge on any atom is -0.348 e. The van der Waals surface area contributed by atoms with Crippen molar-refractivity contribution in [1.82, 2.24) is 10.2 Å². The Kier molecular flexibility index (Phi) is 6.36. The van der Waals surface area contributed by atoms with Gasteiger partial charge < -0.3 is 5.32 Å². The van der Waals surface area contributed by atoms with Crippen molar-refractivity contribution in [3.8, 4) is 0 Å². The lowest BCUT2D eigenvalue weighted by molar-refractivity contribution is -0.122. The van der Waals surface area contributed by atoms with Crippen molar-refractivity contribution in [1.29, 1.82) is 0 Å². The summed E-state index contributed by atoms with van der Waals surface area (Å²) >= 11 is 0. The molecule has 0 radical (unpaired) electrons. The number of hydrogen-bond acceptors (Lipinski definition) is 2. The molecule has 1 amide bonds. The van der Waals surface area contributed by atoms with Gasteiger partial charge in [-0.05, 0) is 31.5 Å². The SMILES string of the molecule is CCC(NC(=O)CN(C)Cc1ccccc1)c1ccc(C)cc1. The monoisotopic (exact) mass is 310 g/mol. The Balaban J connectivity index is 1.88. The first-order chi connectivity index (χ1) is 11.1. The van der Waals surface area contributed by atoms with Crippen LogP contribution in [0.1, 0.15) is 36.1 Å². The van der Waals surface area contributed by atoms with E-state index in [0.717, 1.165) is 18.5 Å². The van der Waals surface area contributed by atoms with Gasteiger partial charge in [0.1, 0.15) is 0 Å². The third-order valence-electron chi connectivity index (χ3n) is 3.93. The van der Waals surface area contributed by atoms with Crippen LogP contribution in [0.25, 0.3) is 0 Å². The Morgan fingerprint density at radius 2 is 1.74 bits per heavy atom. The molecule has 0 aromatic heterocycles. The minimum atomic E-state index is 0.0656. The van der Waals surface area contributed by atoms with E-state index in [0.29, 0.717) is 6.54 Å². The first-order valence-corrected chi connectivity index (χ1v) is 8.17. The molecule has 3 heteroatoms.